The summed E-state index contributed by atoms with van der Waals surface area (Å²) in [4.78, 5) is 23.5. The number of alkyl halides is 3. The van der Waals surface area contributed by atoms with Gasteiger partial charge in [0.25, 0.3) is 5.56 Å². The van der Waals surface area contributed by atoms with Gasteiger partial charge in [-0.25, -0.2) is 9.97 Å². The van der Waals surface area contributed by atoms with Crippen LogP contribution in [0.5, 0.6) is 0 Å². The van der Waals surface area contributed by atoms with Gasteiger partial charge in [-0.05, 0) is 25.1 Å². The average Bonchev–Trinajstić information content (AvgIpc) is 2.83. The van der Waals surface area contributed by atoms with Gasteiger partial charge in [-0.3, -0.25) is 4.79 Å². The fourth-order valence-electron chi connectivity index (χ4n) is 1.88. The maximum absolute atomic E-state index is 12.7. The minimum Gasteiger partial charge on any atom is -0.304 e. The van der Waals surface area contributed by atoms with E-state index in [-0.39, 0.29) is 16.7 Å². The molecule has 2 heterocycles. The molecule has 4 nitrogen and oxygen atoms in total. The molecule has 8 heteroatoms. The van der Waals surface area contributed by atoms with Crippen molar-refractivity contribution >= 4 is 22.2 Å². The fourth-order valence-corrected chi connectivity index (χ4v) is 2.59. The standard InChI is InChI=1S/C13H8F3N3OS/c1-6-5-17-12(21-6)10-18-9-4-7(13(14,15)16)2-3-8(9)11(20)19-10/h2-5H,1H3,(H,18,19,20). The van der Waals surface area contributed by atoms with Crippen molar-refractivity contribution in [2.24, 2.45) is 0 Å². The van der Waals surface area contributed by atoms with Crippen molar-refractivity contribution in [3.63, 3.8) is 0 Å². The molecule has 108 valence electrons. The van der Waals surface area contributed by atoms with Gasteiger partial charge in [-0.2, -0.15) is 13.2 Å². The van der Waals surface area contributed by atoms with Crippen LogP contribution in [-0.2, 0) is 6.18 Å². The molecule has 0 radical (unpaired) electrons. The maximum atomic E-state index is 12.7. The summed E-state index contributed by atoms with van der Waals surface area (Å²) in [5.74, 6) is 0.171. The van der Waals surface area contributed by atoms with Gasteiger partial charge in [0.2, 0.25) is 0 Å². The normalized spacial score (nSPS) is 12.0. The van der Waals surface area contributed by atoms with Crippen molar-refractivity contribution in [1.29, 1.82) is 0 Å². The molecule has 1 aromatic carbocycles. The van der Waals surface area contributed by atoms with Gasteiger partial charge >= 0.3 is 6.18 Å². The predicted octanol–water partition coefficient (Wildman–Crippen LogP) is 3.37. The van der Waals surface area contributed by atoms with Crippen molar-refractivity contribution in [2.45, 2.75) is 13.1 Å². The molecule has 3 aromatic rings. The summed E-state index contributed by atoms with van der Waals surface area (Å²) in [5.41, 5.74) is -1.33. The first-order valence-corrected chi connectivity index (χ1v) is 6.70. The third-order valence-corrected chi connectivity index (χ3v) is 3.78. The molecule has 0 aliphatic carbocycles. The highest BCUT2D eigenvalue weighted by atomic mass is 32.1. The van der Waals surface area contributed by atoms with Crippen LogP contribution in [0, 0.1) is 6.92 Å². The highest BCUT2D eigenvalue weighted by Crippen LogP contribution is 2.31. The van der Waals surface area contributed by atoms with Crippen LogP contribution >= 0.6 is 11.3 Å². The van der Waals surface area contributed by atoms with Gasteiger partial charge in [0.15, 0.2) is 10.8 Å². The Morgan fingerprint density at radius 3 is 2.67 bits per heavy atom. The zero-order valence-corrected chi connectivity index (χ0v) is 11.5. The number of aromatic nitrogens is 3. The lowest BCUT2D eigenvalue weighted by Crippen LogP contribution is -2.11. The van der Waals surface area contributed by atoms with Crippen LogP contribution in [0.1, 0.15) is 10.4 Å². The number of nitrogens with one attached hydrogen (secondary N) is 1. The Morgan fingerprint density at radius 1 is 1.29 bits per heavy atom. The van der Waals surface area contributed by atoms with Crippen molar-refractivity contribution < 1.29 is 13.2 Å². The number of rotatable bonds is 1. The molecule has 0 fully saturated rings. The Balaban J connectivity index is 2.24. The smallest absolute Gasteiger partial charge is 0.304 e. The van der Waals surface area contributed by atoms with E-state index in [4.69, 9.17) is 0 Å². The van der Waals surface area contributed by atoms with Gasteiger partial charge in [0.05, 0.1) is 16.5 Å². The first-order valence-electron chi connectivity index (χ1n) is 5.89. The van der Waals surface area contributed by atoms with Crippen LogP contribution in [0.3, 0.4) is 0 Å². The minimum atomic E-state index is -4.48. The van der Waals surface area contributed by atoms with E-state index in [1.807, 2.05) is 6.92 Å². The monoisotopic (exact) mass is 311 g/mol. The molecule has 0 amide bonds. The summed E-state index contributed by atoms with van der Waals surface area (Å²) in [7, 11) is 0. The molecule has 0 bridgehead atoms. The van der Waals surface area contributed by atoms with E-state index in [0.717, 1.165) is 23.1 Å². The molecule has 0 saturated heterocycles. The van der Waals surface area contributed by atoms with Crippen LogP contribution in [0.25, 0.3) is 21.7 Å². The van der Waals surface area contributed by atoms with E-state index in [2.05, 4.69) is 15.0 Å². The number of halogens is 3. The van der Waals surface area contributed by atoms with Crippen LogP contribution in [0.2, 0.25) is 0 Å². The van der Waals surface area contributed by atoms with Gasteiger partial charge < -0.3 is 4.98 Å². The Morgan fingerprint density at radius 2 is 2.05 bits per heavy atom. The lowest BCUT2D eigenvalue weighted by atomic mass is 10.1. The number of hydrogen-bond acceptors (Lipinski definition) is 4. The Hall–Kier alpha value is -2.22. The highest BCUT2D eigenvalue weighted by molar-refractivity contribution is 7.14. The zero-order valence-electron chi connectivity index (χ0n) is 10.7. The Bertz CT molecular complexity index is 882. The summed E-state index contributed by atoms with van der Waals surface area (Å²) < 4.78 is 38.2. The number of nitrogens with zero attached hydrogens (tertiary/aromatic N) is 2. The molecule has 21 heavy (non-hydrogen) atoms. The summed E-state index contributed by atoms with van der Waals surface area (Å²) in [6.07, 6.45) is -2.87. The number of benzene rings is 1. The van der Waals surface area contributed by atoms with E-state index in [1.54, 1.807) is 6.20 Å². The van der Waals surface area contributed by atoms with Gasteiger partial charge in [0, 0.05) is 11.1 Å². The molecule has 0 unspecified atom stereocenters. The first-order chi connectivity index (χ1) is 9.84. The topological polar surface area (TPSA) is 58.6 Å². The largest absolute Gasteiger partial charge is 0.416 e. The second-order valence-electron chi connectivity index (χ2n) is 4.42. The Kier molecular flexibility index (Phi) is 3.05. The van der Waals surface area contributed by atoms with Crippen molar-refractivity contribution in [3.05, 3.63) is 45.2 Å². The van der Waals surface area contributed by atoms with Crippen molar-refractivity contribution in [2.75, 3.05) is 0 Å². The lowest BCUT2D eigenvalue weighted by Gasteiger charge is -2.07. The molecule has 0 aliphatic heterocycles. The SMILES string of the molecule is Cc1cnc(-c2nc3cc(C(F)(F)F)ccc3c(=O)[nH]2)s1. The zero-order chi connectivity index (χ0) is 15.2. The molecular formula is C13H8F3N3OS. The van der Waals surface area contributed by atoms with Crippen LogP contribution in [0.15, 0.2) is 29.2 Å². The number of aryl methyl sites for hydroxylation is 1. The van der Waals surface area contributed by atoms with Gasteiger partial charge in [-0.1, -0.05) is 0 Å². The molecule has 2 aromatic heterocycles. The molecular weight excluding hydrogens is 303 g/mol. The van der Waals surface area contributed by atoms with E-state index < -0.39 is 17.3 Å². The summed E-state index contributed by atoms with van der Waals surface area (Å²) in [5, 5.41) is 0.573. The van der Waals surface area contributed by atoms with E-state index in [0.29, 0.717) is 5.01 Å². The average molecular weight is 311 g/mol. The van der Waals surface area contributed by atoms with Crippen molar-refractivity contribution in [3.8, 4) is 10.8 Å². The summed E-state index contributed by atoms with van der Waals surface area (Å²) >= 11 is 1.30. The number of thiazole rings is 1. The number of H-pyrrole nitrogens is 1. The first kappa shape index (κ1) is 13.7. The molecule has 3 rings (SSSR count). The number of hydrogen-bond donors (Lipinski definition) is 1. The molecule has 0 atom stereocenters. The summed E-state index contributed by atoms with van der Waals surface area (Å²) in [6, 6.07) is 2.86. The third kappa shape index (κ3) is 2.54. The fraction of sp³-hybridized carbons (Fsp3) is 0.154. The van der Waals surface area contributed by atoms with E-state index >= 15 is 0 Å². The van der Waals surface area contributed by atoms with Gasteiger partial charge in [-0.15, -0.1) is 11.3 Å². The molecule has 0 aliphatic rings. The van der Waals surface area contributed by atoms with E-state index in [1.165, 1.54) is 11.3 Å². The van der Waals surface area contributed by atoms with Crippen molar-refractivity contribution in [1.82, 2.24) is 15.0 Å². The lowest BCUT2D eigenvalue weighted by molar-refractivity contribution is -0.137. The second-order valence-corrected chi connectivity index (χ2v) is 5.66. The molecule has 1 N–H and O–H groups in total. The minimum absolute atomic E-state index is 0.00331. The maximum Gasteiger partial charge on any atom is 0.416 e. The quantitative estimate of drug-likeness (QED) is 0.749. The van der Waals surface area contributed by atoms with Crippen LogP contribution in [-0.4, -0.2) is 15.0 Å². The number of fused-ring (bicyclic) bond motifs is 1. The van der Waals surface area contributed by atoms with Gasteiger partial charge in [0.1, 0.15) is 0 Å². The highest BCUT2D eigenvalue weighted by Gasteiger charge is 2.30. The van der Waals surface area contributed by atoms with E-state index in [9.17, 15) is 18.0 Å². The number of aromatic amines is 1. The van der Waals surface area contributed by atoms with Crippen LogP contribution in [0.4, 0.5) is 13.2 Å². The third-order valence-electron chi connectivity index (χ3n) is 2.86. The second kappa shape index (κ2) is 4.66. The Labute approximate surface area is 120 Å². The predicted molar refractivity (Wildman–Crippen MR) is 73.2 cm³/mol. The molecule has 0 spiro atoms. The van der Waals surface area contributed by atoms with Crippen LogP contribution < -0.4 is 5.56 Å². The molecule has 0 saturated carbocycles. The summed E-state index contributed by atoms with van der Waals surface area (Å²) in [6.45, 7) is 1.84.